The van der Waals surface area contributed by atoms with Gasteiger partial charge in [-0.05, 0) is 54.9 Å². The first-order valence-corrected chi connectivity index (χ1v) is 8.74. The fourth-order valence-corrected chi connectivity index (χ4v) is 3.51. The van der Waals surface area contributed by atoms with Gasteiger partial charge in [0.15, 0.2) is 5.11 Å². The molecule has 0 amide bonds. The summed E-state index contributed by atoms with van der Waals surface area (Å²) < 4.78 is 0. The van der Waals surface area contributed by atoms with Crippen LogP contribution >= 0.6 is 12.2 Å². The average Bonchev–Trinajstić information content (AvgIpc) is 2.49. The van der Waals surface area contributed by atoms with E-state index < -0.39 is 0 Å². The van der Waals surface area contributed by atoms with Crippen molar-refractivity contribution in [3.05, 3.63) is 29.3 Å². The van der Waals surface area contributed by atoms with Crippen molar-refractivity contribution in [2.24, 2.45) is 5.92 Å². The average molecular weight is 305 g/mol. The van der Waals surface area contributed by atoms with E-state index in [2.05, 4.69) is 49.6 Å². The SMILES string of the molecule is CCc1cccc(CC)c1NC(=S)NC1CCCCC1C. The zero-order valence-electron chi connectivity index (χ0n) is 13.5. The van der Waals surface area contributed by atoms with Crippen molar-refractivity contribution in [1.29, 1.82) is 0 Å². The summed E-state index contributed by atoms with van der Waals surface area (Å²) in [4.78, 5) is 0. The van der Waals surface area contributed by atoms with Crippen molar-refractivity contribution in [2.45, 2.75) is 65.3 Å². The highest BCUT2D eigenvalue weighted by Crippen LogP contribution is 2.25. The highest BCUT2D eigenvalue weighted by atomic mass is 32.1. The van der Waals surface area contributed by atoms with Crippen LogP contribution < -0.4 is 10.6 Å². The lowest BCUT2D eigenvalue weighted by Crippen LogP contribution is -2.43. The molecule has 0 spiro atoms. The molecule has 1 aliphatic rings. The predicted octanol–water partition coefficient (Wildman–Crippen LogP) is 4.68. The first-order valence-electron chi connectivity index (χ1n) is 8.34. The van der Waals surface area contributed by atoms with E-state index in [0.717, 1.165) is 18.0 Å². The first-order chi connectivity index (χ1) is 10.2. The second kappa shape index (κ2) is 7.79. The fraction of sp³-hybridized carbons (Fsp3) is 0.611. The van der Waals surface area contributed by atoms with Crippen LogP contribution in [0.1, 0.15) is 57.6 Å². The maximum absolute atomic E-state index is 5.56. The van der Waals surface area contributed by atoms with Gasteiger partial charge in [-0.15, -0.1) is 0 Å². The molecular weight excluding hydrogens is 276 g/mol. The molecule has 1 fully saturated rings. The minimum absolute atomic E-state index is 0.526. The van der Waals surface area contributed by atoms with Crippen molar-refractivity contribution in [2.75, 3.05) is 5.32 Å². The maximum Gasteiger partial charge on any atom is 0.171 e. The van der Waals surface area contributed by atoms with E-state index in [-0.39, 0.29) is 0 Å². The van der Waals surface area contributed by atoms with Gasteiger partial charge in [-0.3, -0.25) is 0 Å². The number of nitrogens with one attached hydrogen (secondary N) is 2. The van der Waals surface area contributed by atoms with Crippen molar-refractivity contribution in [3.8, 4) is 0 Å². The smallest absolute Gasteiger partial charge is 0.171 e. The minimum atomic E-state index is 0.526. The third-order valence-corrected chi connectivity index (χ3v) is 4.89. The van der Waals surface area contributed by atoms with Crippen LogP contribution in [0.15, 0.2) is 18.2 Å². The van der Waals surface area contributed by atoms with Crippen molar-refractivity contribution in [3.63, 3.8) is 0 Å². The Kier molecular flexibility index (Phi) is 6.04. The number of hydrogen-bond donors (Lipinski definition) is 2. The summed E-state index contributed by atoms with van der Waals surface area (Å²) >= 11 is 5.56. The Morgan fingerprint density at radius 3 is 2.33 bits per heavy atom. The maximum atomic E-state index is 5.56. The molecular formula is C18H28N2S. The molecule has 0 aromatic heterocycles. The monoisotopic (exact) mass is 304 g/mol. The van der Waals surface area contributed by atoms with Crippen LogP contribution in [0, 0.1) is 5.92 Å². The van der Waals surface area contributed by atoms with E-state index in [1.54, 1.807) is 0 Å². The predicted molar refractivity (Wildman–Crippen MR) is 96.0 cm³/mol. The number of rotatable bonds is 4. The van der Waals surface area contributed by atoms with Crippen LogP contribution in [-0.2, 0) is 12.8 Å². The summed E-state index contributed by atoms with van der Waals surface area (Å²) in [6, 6.07) is 7.04. The number of thiocarbonyl (C=S) groups is 1. The lowest BCUT2D eigenvalue weighted by atomic mass is 9.86. The van der Waals surface area contributed by atoms with Crippen LogP contribution in [0.5, 0.6) is 0 Å². The molecule has 0 bridgehead atoms. The van der Waals surface area contributed by atoms with Gasteiger partial charge in [-0.25, -0.2) is 0 Å². The fourth-order valence-electron chi connectivity index (χ4n) is 3.25. The van der Waals surface area contributed by atoms with Crippen LogP contribution in [0.2, 0.25) is 0 Å². The molecule has 3 heteroatoms. The number of hydrogen-bond acceptors (Lipinski definition) is 1. The molecule has 2 unspecified atom stereocenters. The van der Waals surface area contributed by atoms with Crippen molar-refractivity contribution < 1.29 is 0 Å². The van der Waals surface area contributed by atoms with E-state index in [4.69, 9.17) is 12.2 Å². The highest BCUT2D eigenvalue weighted by molar-refractivity contribution is 7.80. The molecule has 0 radical (unpaired) electrons. The molecule has 2 atom stereocenters. The molecule has 0 saturated heterocycles. The van der Waals surface area contributed by atoms with Crippen LogP contribution in [0.4, 0.5) is 5.69 Å². The topological polar surface area (TPSA) is 24.1 Å². The van der Waals surface area contributed by atoms with E-state index in [1.165, 1.54) is 42.5 Å². The van der Waals surface area contributed by atoms with Crippen LogP contribution in [0.3, 0.4) is 0 Å². The Bertz CT molecular complexity index is 462. The first kappa shape index (κ1) is 16.3. The van der Waals surface area contributed by atoms with Gasteiger partial charge in [0.25, 0.3) is 0 Å². The quantitative estimate of drug-likeness (QED) is 0.790. The van der Waals surface area contributed by atoms with Gasteiger partial charge >= 0.3 is 0 Å². The number of aryl methyl sites for hydroxylation is 2. The summed E-state index contributed by atoms with van der Waals surface area (Å²) in [7, 11) is 0. The molecule has 0 aliphatic heterocycles. The van der Waals surface area contributed by atoms with Gasteiger partial charge in [-0.1, -0.05) is 51.8 Å². The molecule has 21 heavy (non-hydrogen) atoms. The summed E-state index contributed by atoms with van der Waals surface area (Å²) in [5.41, 5.74) is 3.90. The summed E-state index contributed by atoms with van der Waals surface area (Å²) in [6.45, 7) is 6.72. The molecule has 2 N–H and O–H groups in total. The summed E-state index contributed by atoms with van der Waals surface area (Å²) in [5, 5.41) is 7.79. The Labute approximate surface area is 134 Å². The zero-order chi connectivity index (χ0) is 15.2. The Hall–Kier alpha value is -1.09. The van der Waals surface area contributed by atoms with E-state index in [0.29, 0.717) is 12.0 Å². The lowest BCUT2D eigenvalue weighted by molar-refractivity contribution is 0.309. The van der Waals surface area contributed by atoms with Gasteiger partial charge in [0, 0.05) is 11.7 Å². The van der Waals surface area contributed by atoms with Crippen molar-refractivity contribution >= 4 is 23.0 Å². The minimum Gasteiger partial charge on any atom is -0.359 e. The van der Waals surface area contributed by atoms with Crippen LogP contribution in [-0.4, -0.2) is 11.2 Å². The highest BCUT2D eigenvalue weighted by Gasteiger charge is 2.22. The number of para-hydroxylation sites is 1. The summed E-state index contributed by atoms with van der Waals surface area (Å²) in [6.07, 6.45) is 7.27. The zero-order valence-corrected chi connectivity index (χ0v) is 14.4. The largest absolute Gasteiger partial charge is 0.359 e. The molecule has 1 aromatic rings. The second-order valence-corrected chi connectivity index (χ2v) is 6.53. The lowest BCUT2D eigenvalue weighted by Gasteiger charge is -2.31. The van der Waals surface area contributed by atoms with E-state index in [1.807, 2.05) is 0 Å². The third kappa shape index (κ3) is 4.19. The molecule has 2 nitrogen and oxygen atoms in total. The Balaban J connectivity index is 2.05. The van der Waals surface area contributed by atoms with Gasteiger partial charge < -0.3 is 10.6 Å². The normalized spacial score (nSPS) is 21.9. The van der Waals surface area contributed by atoms with Gasteiger partial charge in [0.2, 0.25) is 0 Å². The number of anilines is 1. The van der Waals surface area contributed by atoms with Crippen LogP contribution in [0.25, 0.3) is 0 Å². The van der Waals surface area contributed by atoms with Gasteiger partial charge in [0.1, 0.15) is 0 Å². The van der Waals surface area contributed by atoms with Gasteiger partial charge in [-0.2, -0.15) is 0 Å². The molecule has 1 aromatic carbocycles. The van der Waals surface area contributed by atoms with Crippen molar-refractivity contribution in [1.82, 2.24) is 5.32 Å². The molecule has 1 aliphatic carbocycles. The standard InChI is InChI=1S/C18H28N2S/c1-4-14-10-8-11-15(5-2)17(14)20-18(21)19-16-12-7-6-9-13(16)3/h8,10-11,13,16H,4-7,9,12H2,1-3H3,(H2,19,20,21). The Morgan fingerprint density at radius 2 is 1.76 bits per heavy atom. The second-order valence-electron chi connectivity index (χ2n) is 6.13. The van der Waals surface area contributed by atoms with Gasteiger partial charge in [0.05, 0.1) is 0 Å². The Morgan fingerprint density at radius 1 is 1.14 bits per heavy atom. The molecule has 2 rings (SSSR count). The molecule has 1 saturated carbocycles. The van der Waals surface area contributed by atoms with E-state index >= 15 is 0 Å². The van der Waals surface area contributed by atoms with E-state index in [9.17, 15) is 0 Å². The third-order valence-electron chi connectivity index (χ3n) is 4.67. The summed E-state index contributed by atoms with van der Waals surface area (Å²) in [5.74, 6) is 0.713. The number of benzene rings is 1. The molecule has 0 heterocycles. The molecule has 116 valence electrons.